The van der Waals surface area contributed by atoms with E-state index in [0.717, 1.165) is 36.3 Å². The van der Waals surface area contributed by atoms with Crippen molar-refractivity contribution in [3.63, 3.8) is 0 Å². The highest BCUT2D eigenvalue weighted by Crippen LogP contribution is 2.36. The zero-order valence-corrected chi connectivity index (χ0v) is 12.4. The van der Waals surface area contributed by atoms with Crippen LogP contribution in [0.5, 0.6) is 5.75 Å². The predicted molar refractivity (Wildman–Crippen MR) is 77.0 cm³/mol. The molecule has 0 amide bonds. The molecule has 1 aromatic carbocycles. The lowest BCUT2D eigenvalue weighted by molar-refractivity contribution is 0.255. The van der Waals surface area contributed by atoms with E-state index in [1.807, 2.05) is 0 Å². The number of rotatable bonds is 5. The van der Waals surface area contributed by atoms with Crippen molar-refractivity contribution in [3.8, 4) is 11.8 Å². The molecule has 1 aromatic rings. The van der Waals surface area contributed by atoms with Crippen molar-refractivity contribution in [3.05, 3.63) is 27.7 Å². The lowest BCUT2D eigenvalue weighted by atomic mass is 10.1. The second-order valence-corrected chi connectivity index (χ2v) is 6.18. The highest BCUT2D eigenvalue weighted by Gasteiger charge is 2.30. The molecule has 1 heterocycles. The molecule has 0 radical (unpaired) electrons. The first-order valence-corrected chi connectivity index (χ1v) is 7.62. The van der Waals surface area contributed by atoms with Crippen LogP contribution in [0.4, 0.5) is 0 Å². The van der Waals surface area contributed by atoms with E-state index >= 15 is 0 Å². The minimum absolute atomic E-state index is 0.605. The summed E-state index contributed by atoms with van der Waals surface area (Å²) in [5.41, 5.74) is 2.56. The lowest BCUT2D eigenvalue weighted by Crippen LogP contribution is -2.26. The van der Waals surface area contributed by atoms with E-state index in [0.29, 0.717) is 12.5 Å². The maximum absolute atomic E-state index is 8.77. The molecule has 0 bridgehead atoms. The van der Waals surface area contributed by atoms with Crippen LogP contribution >= 0.6 is 15.9 Å². The van der Waals surface area contributed by atoms with Gasteiger partial charge < -0.3 is 4.74 Å². The molecule has 0 spiro atoms. The first-order valence-electron chi connectivity index (χ1n) is 6.83. The Labute approximate surface area is 122 Å². The van der Waals surface area contributed by atoms with Gasteiger partial charge in [0.1, 0.15) is 5.75 Å². The summed E-state index contributed by atoms with van der Waals surface area (Å²) in [6, 6.07) is 7.23. The molecule has 100 valence electrons. The van der Waals surface area contributed by atoms with E-state index in [1.54, 1.807) is 0 Å². The number of halogens is 1. The van der Waals surface area contributed by atoms with E-state index in [-0.39, 0.29) is 0 Å². The Morgan fingerprint density at radius 1 is 1.42 bits per heavy atom. The number of ether oxygens (including phenoxy) is 1. The Morgan fingerprint density at radius 3 is 3.00 bits per heavy atom. The van der Waals surface area contributed by atoms with Gasteiger partial charge in [-0.3, -0.25) is 4.90 Å². The molecule has 19 heavy (non-hydrogen) atoms. The van der Waals surface area contributed by atoms with Gasteiger partial charge in [0.15, 0.2) is 0 Å². The highest BCUT2D eigenvalue weighted by molar-refractivity contribution is 9.10. The van der Waals surface area contributed by atoms with Crippen molar-refractivity contribution < 1.29 is 4.74 Å². The van der Waals surface area contributed by atoms with Crippen molar-refractivity contribution in [1.29, 1.82) is 5.26 Å². The molecule has 0 atom stereocenters. The third kappa shape index (κ3) is 2.93. The van der Waals surface area contributed by atoms with Gasteiger partial charge in [-0.1, -0.05) is 15.9 Å². The van der Waals surface area contributed by atoms with Crippen LogP contribution in [-0.4, -0.2) is 24.1 Å². The van der Waals surface area contributed by atoms with E-state index in [2.05, 4.69) is 39.0 Å². The summed E-state index contributed by atoms with van der Waals surface area (Å²) in [5.74, 6) is 1.07. The van der Waals surface area contributed by atoms with Gasteiger partial charge in [0.25, 0.3) is 0 Å². The molecular formula is C15H17BrN2O. The highest BCUT2D eigenvalue weighted by atomic mass is 79.9. The molecule has 0 unspecified atom stereocenters. The summed E-state index contributed by atoms with van der Waals surface area (Å²) in [7, 11) is 0. The van der Waals surface area contributed by atoms with Gasteiger partial charge in [-0.2, -0.15) is 5.26 Å². The largest absolute Gasteiger partial charge is 0.493 e. The molecule has 1 aliphatic carbocycles. The normalized spacial score (nSPS) is 17.1. The minimum Gasteiger partial charge on any atom is -0.493 e. The van der Waals surface area contributed by atoms with Crippen LogP contribution in [0.15, 0.2) is 16.6 Å². The Balaban J connectivity index is 1.80. The summed E-state index contributed by atoms with van der Waals surface area (Å²) in [5, 5.41) is 8.77. The SMILES string of the molecule is N#CCCN(Cc1cc(Br)cc2c1OCC2)C1CC1. The lowest BCUT2D eigenvalue weighted by Gasteiger charge is -2.22. The Morgan fingerprint density at radius 2 is 2.26 bits per heavy atom. The third-order valence-corrected chi connectivity index (χ3v) is 4.23. The summed E-state index contributed by atoms with van der Waals surface area (Å²) in [6.45, 7) is 2.55. The first-order chi connectivity index (χ1) is 9.28. The fraction of sp³-hybridized carbons (Fsp3) is 0.533. The van der Waals surface area contributed by atoms with Gasteiger partial charge in [-0.15, -0.1) is 0 Å². The molecule has 2 aliphatic rings. The van der Waals surface area contributed by atoms with Gasteiger partial charge >= 0.3 is 0 Å². The molecule has 1 saturated carbocycles. The monoisotopic (exact) mass is 320 g/mol. The van der Waals surface area contributed by atoms with Crippen molar-refractivity contribution in [2.24, 2.45) is 0 Å². The first kappa shape index (κ1) is 13.0. The van der Waals surface area contributed by atoms with Crippen LogP contribution in [0.3, 0.4) is 0 Å². The molecule has 0 N–H and O–H groups in total. The van der Waals surface area contributed by atoms with Gasteiger partial charge in [0, 0.05) is 42.0 Å². The second kappa shape index (κ2) is 5.52. The fourth-order valence-corrected chi connectivity index (χ4v) is 3.26. The third-order valence-electron chi connectivity index (χ3n) is 3.77. The van der Waals surface area contributed by atoms with Crippen LogP contribution < -0.4 is 4.74 Å². The van der Waals surface area contributed by atoms with E-state index in [9.17, 15) is 0 Å². The molecule has 1 aliphatic heterocycles. The number of benzene rings is 1. The van der Waals surface area contributed by atoms with Crippen LogP contribution in [0.25, 0.3) is 0 Å². The van der Waals surface area contributed by atoms with Crippen LogP contribution in [0, 0.1) is 11.3 Å². The zero-order chi connectivity index (χ0) is 13.2. The predicted octanol–water partition coefficient (Wildman–Crippen LogP) is 3.26. The molecule has 4 heteroatoms. The Kier molecular flexibility index (Phi) is 3.76. The molecular weight excluding hydrogens is 304 g/mol. The van der Waals surface area contributed by atoms with Gasteiger partial charge in [0.05, 0.1) is 12.7 Å². The van der Waals surface area contributed by atoms with Crippen LogP contribution in [-0.2, 0) is 13.0 Å². The number of nitrogens with zero attached hydrogens (tertiary/aromatic N) is 2. The van der Waals surface area contributed by atoms with Crippen molar-refractivity contribution in [1.82, 2.24) is 4.90 Å². The molecule has 0 aromatic heterocycles. The summed E-state index contributed by atoms with van der Waals surface area (Å²) in [6.07, 6.45) is 4.14. The molecule has 3 nitrogen and oxygen atoms in total. The smallest absolute Gasteiger partial charge is 0.127 e. The molecule has 3 rings (SSSR count). The standard InChI is InChI=1S/C15H17BrN2O/c16-13-8-11-4-7-19-15(11)12(9-13)10-18(6-1-5-17)14-2-3-14/h8-9,14H,1-4,6-7,10H2. The summed E-state index contributed by atoms with van der Waals surface area (Å²) in [4.78, 5) is 2.42. The van der Waals surface area contributed by atoms with Crippen molar-refractivity contribution in [2.75, 3.05) is 13.2 Å². The van der Waals surface area contributed by atoms with Gasteiger partial charge in [-0.05, 0) is 30.5 Å². The number of nitriles is 1. The molecule has 1 fully saturated rings. The fourth-order valence-electron chi connectivity index (χ4n) is 2.71. The average Bonchev–Trinajstić information content (AvgIpc) is 3.13. The average molecular weight is 321 g/mol. The molecule has 0 saturated heterocycles. The second-order valence-electron chi connectivity index (χ2n) is 5.26. The van der Waals surface area contributed by atoms with Crippen molar-refractivity contribution >= 4 is 15.9 Å². The minimum atomic E-state index is 0.605. The Hall–Kier alpha value is -1.05. The zero-order valence-electron chi connectivity index (χ0n) is 10.9. The van der Waals surface area contributed by atoms with Crippen LogP contribution in [0.1, 0.15) is 30.4 Å². The van der Waals surface area contributed by atoms with E-state index in [4.69, 9.17) is 10.00 Å². The number of hydrogen-bond donors (Lipinski definition) is 0. The topological polar surface area (TPSA) is 36.3 Å². The summed E-state index contributed by atoms with van der Waals surface area (Å²) >= 11 is 3.58. The van der Waals surface area contributed by atoms with E-state index < -0.39 is 0 Å². The van der Waals surface area contributed by atoms with E-state index in [1.165, 1.54) is 24.0 Å². The Bertz CT molecular complexity index is 520. The van der Waals surface area contributed by atoms with Crippen LogP contribution in [0.2, 0.25) is 0 Å². The summed E-state index contributed by atoms with van der Waals surface area (Å²) < 4.78 is 6.91. The maximum atomic E-state index is 8.77. The number of fused-ring (bicyclic) bond motifs is 1. The van der Waals surface area contributed by atoms with Crippen molar-refractivity contribution in [2.45, 2.75) is 38.3 Å². The number of hydrogen-bond acceptors (Lipinski definition) is 3. The maximum Gasteiger partial charge on any atom is 0.127 e. The quantitative estimate of drug-likeness (QED) is 0.835. The van der Waals surface area contributed by atoms with Gasteiger partial charge in [0.2, 0.25) is 0 Å². The van der Waals surface area contributed by atoms with Gasteiger partial charge in [-0.25, -0.2) is 0 Å².